The zero-order valence-electron chi connectivity index (χ0n) is 21.1. The number of nitrogens with zero attached hydrogens (tertiary/aromatic N) is 4. The van der Waals surface area contributed by atoms with Crippen LogP contribution in [-0.2, 0) is 6.61 Å². The summed E-state index contributed by atoms with van der Waals surface area (Å²) in [5.41, 5.74) is 2.53. The summed E-state index contributed by atoms with van der Waals surface area (Å²) in [7, 11) is 0. The van der Waals surface area contributed by atoms with Gasteiger partial charge in [0.2, 0.25) is 0 Å². The van der Waals surface area contributed by atoms with Gasteiger partial charge in [-0.15, -0.1) is 0 Å². The third kappa shape index (κ3) is 4.96. The lowest BCUT2D eigenvalue weighted by atomic mass is 10.0. The highest BCUT2D eigenvalue weighted by atomic mass is 79.9. The molecular weight excluding hydrogens is 540 g/mol. The van der Waals surface area contributed by atoms with Crippen molar-refractivity contribution in [3.05, 3.63) is 116 Å². The van der Waals surface area contributed by atoms with Gasteiger partial charge in [-0.25, -0.2) is 4.98 Å². The molecule has 0 aliphatic carbocycles. The van der Waals surface area contributed by atoms with Crippen molar-refractivity contribution >= 4 is 43.8 Å². The van der Waals surface area contributed by atoms with Gasteiger partial charge in [0.15, 0.2) is 0 Å². The number of halogens is 1. The van der Waals surface area contributed by atoms with Gasteiger partial charge in [0, 0.05) is 21.5 Å². The van der Waals surface area contributed by atoms with Crippen LogP contribution in [-0.4, -0.2) is 15.9 Å². The molecule has 0 amide bonds. The van der Waals surface area contributed by atoms with E-state index in [1.165, 1.54) is 4.68 Å². The van der Waals surface area contributed by atoms with Gasteiger partial charge in [0.05, 0.1) is 28.8 Å². The van der Waals surface area contributed by atoms with E-state index in [1.807, 2.05) is 73.7 Å². The summed E-state index contributed by atoms with van der Waals surface area (Å²) in [5.74, 6) is 1.24. The first-order chi connectivity index (χ1) is 18.5. The third-order valence-electron chi connectivity index (χ3n) is 6.64. The van der Waals surface area contributed by atoms with Crippen molar-refractivity contribution in [2.45, 2.75) is 32.8 Å². The van der Waals surface area contributed by atoms with E-state index in [-0.39, 0.29) is 18.1 Å². The second kappa shape index (κ2) is 11.0. The number of ether oxygens (including phenoxy) is 1. The van der Waals surface area contributed by atoms with E-state index in [4.69, 9.17) is 14.8 Å². The molecule has 7 heteroatoms. The van der Waals surface area contributed by atoms with Crippen LogP contribution in [0.3, 0.4) is 0 Å². The Balaban J connectivity index is 1.64. The highest BCUT2D eigenvalue weighted by molar-refractivity contribution is 9.10. The normalized spacial score (nSPS) is 12.2. The van der Waals surface area contributed by atoms with Crippen molar-refractivity contribution in [3.63, 3.8) is 0 Å². The Morgan fingerprint density at radius 3 is 2.68 bits per heavy atom. The van der Waals surface area contributed by atoms with Crippen molar-refractivity contribution in [3.8, 4) is 11.8 Å². The lowest BCUT2D eigenvalue weighted by molar-refractivity contribution is 0.306. The summed E-state index contributed by atoms with van der Waals surface area (Å²) < 4.78 is 8.43. The summed E-state index contributed by atoms with van der Waals surface area (Å²) in [4.78, 5) is 18.4. The molecule has 0 aliphatic heterocycles. The Kier molecular flexibility index (Phi) is 7.34. The van der Waals surface area contributed by atoms with Gasteiger partial charge in [-0.3, -0.25) is 4.79 Å². The zero-order valence-corrected chi connectivity index (χ0v) is 22.6. The fourth-order valence-electron chi connectivity index (χ4n) is 4.34. The number of nitriles is 1. The molecule has 0 spiro atoms. The highest BCUT2D eigenvalue weighted by Crippen LogP contribution is 2.28. The van der Waals surface area contributed by atoms with Crippen LogP contribution in [0.1, 0.15) is 48.7 Å². The molecule has 0 unspecified atom stereocenters. The number of hydrogen-bond acceptors (Lipinski definition) is 5. The summed E-state index contributed by atoms with van der Waals surface area (Å²) in [6.07, 6.45) is 2.48. The molecule has 4 aromatic carbocycles. The molecule has 0 radical (unpaired) electrons. The van der Waals surface area contributed by atoms with Gasteiger partial charge < -0.3 is 4.74 Å². The summed E-state index contributed by atoms with van der Waals surface area (Å²) in [5, 5.41) is 16.6. The average Bonchev–Trinajstić information content (AvgIpc) is 2.95. The number of fused-ring (bicyclic) bond motifs is 2. The van der Waals surface area contributed by atoms with E-state index >= 15 is 0 Å². The first kappa shape index (κ1) is 25.4. The van der Waals surface area contributed by atoms with Crippen molar-refractivity contribution < 1.29 is 4.74 Å². The SMILES string of the molecule is CC[C@@H](C)c1nc2ccc(Br)cc2c(=O)n1N=Cc1c(OCc2ccccc2C#N)ccc2ccccc12. The topological polar surface area (TPSA) is 80.3 Å². The Morgan fingerprint density at radius 1 is 1.08 bits per heavy atom. The van der Waals surface area contributed by atoms with Crippen LogP contribution in [0, 0.1) is 11.3 Å². The van der Waals surface area contributed by atoms with Crippen LogP contribution in [0.4, 0.5) is 0 Å². The number of rotatable bonds is 7. The zero-order chi connectivity index (χ0) is 26.6. The molecule has 5 aromatic rings. The van der Waals surface area contributed by atoms with Crippen molar-refractivity contribution in [2.75, 3.05) is 0 Å². The van der Waals surface area contributed by atoms with Gasteiger partial charge in [-0.05, 0) is 47.5 Å². The van der Waals surface area contributed by atoms with E-state index in [9.17, 15) is 10.1 Å². The molecule has 1 atom stereocenters. The van der Waals surface area contributed by atoms with Gasteiger partial charge in [-0.1, -0.05) is 78.3 Å². The molecule has 6 nitrogen and oxygen atoms in total. The van der Waals surface area contributed by atoms with Crippen LogP contribution < -0.4 is 10.3 Å². The molecule has 0 saturated carbocycles. The van der Waals surface area contributed by atoms with E-state index < -0.39 is 0 Å². The minimum atomic E-state index is -0.228. The maximum atomic E-state index is 13.6. The molecule has 0 fully saturated rings. The molecule has 188 valence electrons. The minimum Gasteiger partial charge on any atom is -0.488 e. The fourth-order valence-corrected chi connectivity index (χ4v) is 4.70. The maximum Gasteiger partial charge on any atom is 0.282 e. The van der Waals surface area contributed by atoms with E-state index in [2.05, 4.69) is 28.9 Å². The van der Waals surface area contributed by atoms with Crippen LogP contribution >= 0.6 is 15.9 Å². The van der Waals surface area contributed by atoms with Gasteiger partial charge in [0.1, 0.15) is 18.2 Å². The minimum absolute atomic E-state index is 0.0265. The molecule has 38 heavy (non-hydrogen) atoms. The standard InChI is InChI=1S/C31H25BrN4O2/c1-3-20(2)30-35-28-14-13-24(32)16-26(28)31(37)36(30)34-18-27-25-11-7-6-8-21(25)12-15-29(27)38-19-23-10-5-4-9-22(23)17-33/h4-16,18,20H,3,19H2,1-2H3/t20-/m1/s1. The number of hydrogen-bond donors (Lipinski definition) is 0. The second-order valence-electron chi connectivity index (χ2n) is 9.06. The quantitative estimate of drug-likeness (QED) is 0.196. The predicted octanol–water partition coefficient (Wildman–Crippen LogP) is 7.16. The van der Waals surface area contributed by atoms with Crippen LogP contribution in [0.5, 0.6) is 5.75 Å². The molecule has 0 bridgehead atoms. The Labute approximate surface area is 229 Å². The Bertz CT molecular complexity index is 1790. The summed E-state index contributed by atoms with van der Waals surface area (Å²) in [6.45, 7) is 4.33. The van der Waals surface area contributed by atoms with E-state index in [0.717, 1.165) is 32.8 Å². The molecule has 0 N–H and O–H groups in total. The van der Waals surface area contributed by atoms with E-state index in [1.54, 1.807) is 18.3 Å². The number of benzene rings is 4. The third-order valence-corrected chi connectivity index (χ3v) is 7.13. The van der Waals surface area contributed by atoms with Gasteiger partial charge >= 0.3 is 0 Å². The van der Waals surface area contributed by atoms with Gasteiger partial charge in [-0.2, -0.15) is 15.0 Å². The second-order valence-corrected chi connectivity index (χ2v) is 9.97. The van der Waals surface area contributed by atoms with Crippen molar-refractivity contribution in [2.24, 2.45) is 5.10 Å². The molecular formula is C31H25BrN4O2. The highest BCUT2D eigenvalue weighted by Gasteiger charge is 2.16. The summed E-state index contributed by atoms with van der Waals surface area (Å²) >= 11 is 3.46. The fraction of sp³-hybridized carbons (Fsp3) is 0.161. The van der Waals surface area contributed by atoms with Crippen LogP contribution in [0.2, 0.25) is 0 Å². The average molecular weight is 565 g/mol. The molecule has 5 rings (SSSR count). The maximum absolute atomic E-state index is 13.6. The summed E-state index contributed by atoms with van der Waals surface area (Å²) in [6, 6.07) is 26.9. The first-order valence-corrected chi connectivity index (χ1v) is 13.2. The number of aromatic nitrogens is 2. The largest absolute Gasteiger partial charge is 0.488 e. The van der Waals surface area contributed by atoms with Crippen LogP contribution in [0.15, 0.2) is 93.2 Å². The lowest BCUT2D eigenvalue weighted by Crippen LogP contribution is -2.23. The van der Waals surface area contributed by atoms with Crippen molar-refractivity contribution in [1.82, 2.24) is 9.66 Å². The van der Waals surface area contributed by atoms with Crippen molar-refractivity contribution in [1.29, 1.82) is 5.26 Å². The van der Waals surface area contributed by atoms with Crippen LogP contribution in [0.25, 0.3) is 21.7 Å². The molecule has 0 saturated heterocycles. The first-order valence-electron chi connectivity index (χ1n) is 12.4. The Hall–Kier alpha value is -4.28. The molecule has 1 aromatic heterocycles. The molecule has 0 aliphatic rings. The molecule has 1 heterocycles. The lowest BCUT2D eigenvalue weighted by Gasteiger charge is -2.15. The van der Waals surface area contributed by atoms with Gasteiger partial charge in [0.25, 0.3) is 5.56 Å². The smallest absolute Gasteiger partial charge is 0.282 e. The van der Waals surface area contributed by atoms with E-state index in [0.29, 0.717) is 28.0 Å². The predicted molar refractivity (Wildman–Crippen MR) is 155 cm³/mol. The monoisotopic (exact) mass is 564 g/mol. The Morgan fingerprint density at radius 2 is 1.87 bits per heavy atom.